The largest absolute Gasteiger partial charge is 0.469 e. The minimum atomic E-state index is -0.312. The molecule has 3 rings (SSSR count). The molecule has 1 aliphatic carbocycles. The Balaban J connectivity index is 1.68. The van der Waals surface area contributed by atoms with E-state index in [1.54, 1.807) is 0 Å². The standard InChI is InChI=1S/C17H21NO3/c1-21-15(19)14-7-8-17(11-14)9-10-18(16(17)20)12-13-5-3-2-4-6-13/h2-6,14H,7-12H2,1H3. The van der Waals surface area contributed by atoms with Gasteiger partial charge in [-0.1, -0.05) is 30.3 Å². The second kappa shape index (κ2) is 5.51. The smallest absolute Gasteiger partial charge is 0.308 e. The van der Waals surface area contributed by atoms with Crippen LogP contribution in [0, 0.1) is 11.3 Å². The van der Waals surface area contributed by atoms with E-state index in [1.807, 2.05) is 35.2 Å². The van der Waals surface area contributed by atoms with Crippen molar-refractivity contribution in [2.24, 2.45) is 11.3 Å². The summed E-state index contributed by atoms with van der Waals surface area (Å²) in [4.78, 5) is 26.4. The summed E-state index contributed by atoms with van der Waals surface area (Å²) >= 11 is 0. The van der Waals surface area contributed by atoms with Gasteiger partial charge < -0.3 is 9.64 Å². The molecule has 0 bridgehead atoms. The Morgan fingerprint density at radius 2 is 2.10 bits per heavy atom. The number of carbonyl (C=O) groups is 2. The van der Waals surface area contributed by atoms with E-state index >= 15 is 0 Å². The number of nitrogens with zero attached hydrogens (tertiary/aromatic N) is 1. The zero-order chi connectivity index (χ0) is 14.9. The molecule has 2 unspecified atom stereocenters. The van der Waals surface area contributed by atoms with Crippen LogP contribution >= 0.6 is 0 Å². The molecule has 1 saturated heterocycles. The molecular formula is C17H21NO3. The third-order valence-electron chi connectivity index (χ3n) is 4.96. The van der Waals surface area contributed by atoms with Gasteiger partial charge in [0.05, 0.1) is 18.4 Å². The lowest BCUT2D eigenvalue weighted by molar-refractivity contribution is -0.145. The first-order valence-electron chi connectivity index (χ1n) is 7.56. The lowest BCUT2D eigenvalue weighted by atomic mass is 9.83. The fourth-order valence-corrected chi connectivity index (χ4v) is 3.76. The van der Waals surface area contributed by atoms with Crippen molar-refractivity contribution >= 4 is 11.9 Å². The maximum Gasteiger partial charge on any atom is 0.308 e. The highest BCUT2D eigenvalue weighted by Crippen LogP contribution is 2.49. The average Bonchev–Trinajstić information content (AvgIpc) is 3.08. The number of likely N-dealkylation sites (tertiary alicyclic amines) is 1. The van der Waals surface area contributed by atoms with Crippen molar-refractivity contribution in [3.05, 3.63) is 35.9 Å². The zero-order valence-electron chi connectivity index (χ0n) is 12.4. The van der Waals surface area contributed by atoms with Gasteiger partial charge in [-0.2, -0.15) is 0 Å². The number of amides is 1. The van der Waals surface area contributed by atoms with Gasteiger partial charge in [-0.3, -0.25) is 9.59 Å². The Hall–Kier alpha value is -1.84. The van der Waals surface area contributed by atoms with Gasteiger partial charge in [0.25, 0.3) is 0 Å². The molecular weight excluding hydrogens is 266 g/mol. The van der Waals surface area contributed by atoms with Crippen LogP contribution in [0.15, 0.2) is 30.3 Å². The fourth-order valence-electron chi connectivity index (χ4n) is 3.76. The second-order valence-corrected chi connectivity index (χ2v) is 6.21. The molecule has 4 heteroatoms. The Kier molecular flexibility index (Phi) is 3.70. The molecule has 112 valence electrons. The summed E-state index contributed by atoms with van der Waals surface area (Å²) in [6.07, 6.45) is 3.12. The Bertz CT molecular complexity index is 542. The van der Waals surface area contributed by atoms with Crippen LogP contribution < -0.4 is 0 Å². The first-order valence-corrected chi connectivity index (χ1v) is 7.56. The number of benzene rings is 1. The van der Waals surface area contributed by atoms with E-state index < -0.39 is 0 Å². The first kappa shape index (κ1) is 14.1. The number of carbonyl (C=O) groups excluding carboxylic acids is 2. The van der Waals surface area contributed by atoms with Crippen LogP contribution in [-0.2, 0) is 20.9 Å². The maximum atomic E-state index is 12.8. The Morgan fingerprint density at radius 3 is 2.81 bits per heavy atom. The molecule has 0 radical (unpaired) electrons. The minimum Gasteiger partial charge on any atom is -0.469 e. The summed E-state index contributed by atoms with van der Waals surface area (Å²) in [5.41, 5.74) is 0.846. The number of methoxy groups -OCH3 is 1. The number of hydrogen-bond acceptors (Lipinski definition) is 3. The van der Waals surface area contributed by atoms with Crippen molar-refractivity contribution in [1.29, 1.82) is 0 Å². The van der Waals surface area contributed by atoms with Gasteiger partial charge in [0.15, 0.2) is 0 Å². The van der Waals surface area contributed by atoms with Crippen molar-refractivity contribution in [1.82, 2.24) is 4.90 Å². The van der Waals surface area contributed by atoms with Crippen molar-refractivity contribution in [2.75, 3.05) is 13.7 Å². The summed E-state index contributed by atoms with van der Waals surface area (Å²) in [5.74, 6) is -0.0467. The molecule has 2 atom stereocenters. The maximum absolute atomic E-state index is 12.8. The molecule has 1 aromatic carbocycles. The monoisotopic (exact) mass is 287 g/mol. The van der Waals surface area contributed by atoms with Crippen molar-refractivity contribution in [3.63, 3.8) is 0 Å². The van der Waals surface area contributed by atoms with Crippen LogP contribution in [0.3, 0.4) is 0 Å². The SMILES string of the molecule is COC(=O)C1CCC2(CCN(Cc3ccccc3)C2=O)C1. The molecule has 1 aliphatic heterocycles. The molecule has 1 amide bonds. The van der Waals surface area contributed by atoms with E-state index in [1.165, 1.54) is 7.11 Å². The van der Waals surface area contributed by atoms with Gasteiger partial charge in [0.1, 0.15) is 0 Å². The second-order valence-electron chi connectivity index (χ2n) is 6.21. The molecule has 1 spiro atoms. The van der Waals surface area contributed by atoms with Crippen molar-refractivity contribution < 1.29 is 14.3 Å². The number of ether oxygens (including phenoxy) is 1. The number of rotatable bonds is 3. The Labute approximate surface area is 125 Å². The lowest BCUT2D eigenvalue weighted by Crippen LogP contribution is -2.33. The van der Waals surface area contributed by atoms with Gasteiger partial charge in [-0.25, -0.2) is 0 Å². The van der Waals surface area contributed by atoms with E-state index in [9.17, 15) is 9.59 Å². The van der Waals surface area contributed by atoms with Crippen LogP contribution in [0.25, 0.3) is 0 Å². The average molecular weight is 287 g/mol. The molecule has 1 aromatic rings. The highest BCUT2D eigenvalue weighted by atomic mass is 16.5. The van der Waals surface area contributed by atoms with E-state index in [-0.39, 0.29) is 23.2 Å². The van der Waals surface area contributed by atoms with E-state index in [0.29, 0.717) is 13.0 Å². The van der Waals surface area contributed by atoms with E-state index in [0.717, 1.165) is 31.4 Å². The van der Waals surface area contributed by atoms with Gasteiger partial charge in [-0.05, 0) is 31.2 Å². The fraction of sp³-hybridized carbons (Fsp3) is 0.529. The summed E-state index contributed by atoms with van der Waals surface area (Å²) in [6.45, 7) is 1.46. The third-order valence-corrected chi connectivity index (χ3v) is 4.96. The van der Waals surface area contributed by atoms with Gasteiger partial charge >= 0.3 is 5.97 Å². The summed E-state index contributed by atoms with van der Waals surface area (Å²) in [7, 11) is 1.42. The van der Waals surface area contributed by atoms with Crippen LogP contribution in [0.2, 0.25) is 0 Å². The van der Waals surface area contributed by atoms with Crippen molar-refractivity contribution in [3.8, 4) is 0 Å². The lowest BCUT2D eigenvalue weighted by Gasteiger charge is -2.23. The number of esters is 1. The van der Waals surface area contributed by atoms with Gasteiger partial charge in [0, 0.05) is 13.1 Å². The molecule has 1 saturated carbocycles. The molecule has 2 fully saturated rings. The molecule has 1 heterocycles. The first-order chi connectivity index (χ1) is 10.1. The van der Waals surface area contributed by atoms with Crippen molar-refractivity contribution in [2.45, 2.75) is 32.2 Å². The van der Waals surface area contributed by atoms with Crippen LogP contribution in [0.1, 0.15) is 31.2 Å². The predicted octanol–water partition coefficient (Wildman–Crippen LogP) is 2.38. The Morgan fingerprint density at radius 1 is 1.33 bits per heavy atom. The van der Waals surface area contributed by atoms with Gasteiger partial charge in [-0.15, -0.1) is 0 Å². The number of hydrogen-bond donors (Lipinski definition) is 0. The van der Waals surface area contributed by atoms with Gasteiger partial charge in [0.2, 0.25) is 5.91 Å². The van der Waals surface area contributed by atoms with E-state index in [4.69, 9.17) is 4.74 Å². The topological polar surface area (TPSA) is 46.6 Å². The van der Waals surface area contributed by atoms with Crippen LogP contribution in [0.5, 0.6) is 0 Å². The third kappa shape index (κ3) is 2.55. The van der Waals surface area contributed by atoms with Crippen LogP contribution in [0.4, 0.5) is 0 Å². The quantitative estimate of drug-likeness (QED) is 0.802. The molecule has 2 aliphatic rings. The molecule has 0 N–H and O–H groups in total. The predicted molar refractivity (Wildman–Crippen MR) is 78.3 cm³/mol. The summed E-state index contributed by atoms with van der Waals surface area (Å²) < 4.78 is 4.83. The zero-order valence-corrected chi connectivity index (χ0v) is 12.4. The van der Waals surface area contributed by atoms with E-state index in [2.05, 4.69) is 0 Å². The minimum absolute atomic E-state index is 0.101. The summed E-state index contributed by atoms with van der Waals surface area (Å²) in [6, 6.07) is 10.1. The normalized spacial score (nSPS) is 28.3. The molecule has 21 heavy (non-hydrogen) atoms. The molecule has 4 nitrogen and oxygen atoms in total. The highest BCUT2D eigenvalue weighted by Gasteiger charge is 2.52. The summed E-state index contributed by atoms with van der Waals surface area (Å²) in [5, 5.41) is 0. The van der Waals surface area contributed by atoms with Crippen LogP contribution in [-0.4, -0.2) is 30.4 Å². The molecule has 0 aromatic heterocycles. The highest BCUT2D eigenvalue weighted by molar-refractivity contribution is 5.86.